The Morgan fingerprint density at radius 3 is 2.67 bits per heavy atom. The molecule has 0 spiro atoms. The molecular formula is C9H12BrNS. The van der Waals surface area contributed by atoms with Crippen molar-refractivity contribution in [1.82, 2.24) is 4.98 Å². The lowest BCUT2D eigenvalue weighted by molar-refractivity contribution is 0.442. The van der Waals surface area contributed by atoms with Crippen molar-refractivity contribution in [3.05, 3.63) is 15.0 Å². The first-order valence-corrected chi connectivity index (χ1v) is 6.08. The van der Waals surface area contributed by atoms with Gasteiger partial charge >= 0.3 is 0 Å². The van der Waals surface area contributed by atoms with Crippen LogP contribution in [0.3, 0.4) is 0 Å². The summed E-state index contributed by atoms with van der Waals surface area (Å²) in [5.74, 6) is 0.759. The molecule has 1 aromatic heterocycles. The van der Waals surface area contributed by atoms with Gasteiger partial charge in [0, 0.05) is 5.92 Å². The van der Waals surface area contributed by atoms with E-state index >= 15 is 0 Å². The summed E-state index contributed by atoms with van der Waals surface area (Å²) in [6, 6.07) is 0. The van der Waals surface area contributed by atoms with Gasteiger partial charge < -0.3 is 0 Å². The average molecular weight is 246 g/mol. The summed E-state index contributed by atoms with van der Waals surface area (Å²) in [6.07, 6.45) is 8.82. The third-order valence-electron chi connectivity index (χ3n) is 2.45. The summed E-state index contributed by atoms with van der Waals surface area (Å²) in [5, 5.41) is 1.33. The van der Waals surface area contributed by atoms with Crippen LogP contribution >= 0.6 is 27.3 Å². The molecule has 0 aliphatic heterocycles. The smallest absolute Gasteiger partial charge is 0.0967 e. The van der Waals surface area contributed by atoms with E-state index in [1.54, 1.807) is 11.3 Å². The van der Waals surface area contributed by atoms with Crippen LogP contribution in [0.15, 0.2) is 9.98 Å². The number of thiazole rings is 1. The fourth-order valence-corrected chi connectivity index (χ4v) is 3.22. The molecule has 1 aromatic rings. The second kappa shape index (κ2) is 3.88. The normalized spacial score (nSPS) is 19.8. The Morgan fingerprint density at radius 2 is 2.08 bits per heavy atom. The number of aromatic nitrogens is 1. The third kappa shape index (κ3) is 1.88. The maximum absolute atomic E-state index is 4.41. The lowest BCUT2D eigenvalue weighted by Crippen LogP contribution is -2.03. The summed E-state index contributed by atoms with van der Waals surface area (Å²) in [7, 11) is 0. The van der Waals surface area contributed by atoms with Gasteiger partial charge in [0.2, 0.25) is 0 Å². The fraction of sp³-hybridized carbons (Fsp3) is 0.667. The van der Waals surface area contributed by atoms with Crippen LogP contribution < -0.4 is 0 Å². The Labute approximate surface area is 85.3 Å². The van der Waals surface area contributed by atoms with Crippen molar-refractivity contribution in [2.24, 2.45) is 0 Å². The third-order valence-corrected chi connectivity index (χ3v) is 4.09. The van der Waals surface area contributed by atoms with Gasteiger partial charge in [0.15, 0.2) is 0 Å². The van der Waals surface area contributed by atoms with E-state index < -0.39 is 0 Å². The predicted molar refractivity (Wildman–Crippen MR) is 55.6 cm³/mol. The van der Waals surface area contributed by atoms with Crippen LogP contribution in [0, 0.1) is 0 Å². The number of hydrogen-bond donors (Lipinski definition) is 0. The van der Waals surface area contributed by atoms with Crippen molar-refractivity contribution in [3.8, 4) is 0 Å². The molecule has 0 aromatic carbocycles. The molecule has 1 nitrogen and oxygen atoms in total. The van der Waals surface area contributed by atoms with E-state index in [0.29, 0.717) is 0 Å². The van der Waals surface area contributed by atoms with Crippen LogP contribution in [0.25, 0.3) is 0 Å². The van der Waals surface area contributed by atoms with Crippen LogP contribution in [0.5, 0.6) is 0 Å². The molecule has 66 valence electrons. The zero-order chi connectivity index (χ0) is 8.39. The molecule has 2 rings (SSSR count). The summed E-state index contributed by atoms with van der Waals surface area (Å²) in [6.45, 7) is 0. The SMILES string of the molecule is Brc1cnc(C2CCCCC2)s1. The van der Waals surface area contributed by atoms with Gasteiger partial charge in [0.25, 0.3) is 0 Å². The lowest BCUT2D eigenvalue weighted by Gasteiger charge is -2.18. The van der Waals surface area contributed by atoms with Crippen molar-refractivity contribution >= 4 is 27.3 Å². The molecule has 0 amide bonds. The molecule has 0 saturated heterocycles. The summed E-state index contributed by atoms with van der Waals surface area (Å²) < 4.78 is 1.17. The lowest BCUT2D eigenvalue weighted by atomic mass is 9.90. The minimum Gasteiger partial charge on any atom is -0.248 e. The summed E-state index contributed by atoms with van der Waals surface area (Å²) in [5.41, 5.74) is 0. The van der Waals surface area contributed by atoms with Crippen molar-refractivity contribution in [2.45, 2.75) is 38.0 Å². The highest BCUT2D eigenvalue weighted by Gasteiger charge is 2.17. The standard InChI is InChI=1S/C9H12BrNS/c10-8-6-11-9(12-8)7-4-2-1-3-5-7/h6-7H,1-5H2. The van der Waals surface area contributed by atoms with E-state index in [9.17, 15) is 0 Å². The summed E-state index contributed by atoms with van der Waals surface area (Å²) in [4.78, 5) is 4.41. The highest BCUT2D eigenvalue weighted by atomic mass is 79.9. The van der Waals surface area contributed by atoms with Gasteiger partial charge in [-0.05, 0) is 28.8 Å². The van der Waals surface area contributed by atoms with Gasteiger partial charge in [-0.25, -0.2) is 4.98 Å². The van der Waals surface area contributed by atoms with Crippen LogP contribution in [-0.4, -0.2) is 4.98 Å². The Morgan fingerprint density at radius 1 is 1.33 bits per heavy atom. The molecule has 0 radical (unpaired) electrons. The van der Waals surface area contributed by atoms with Gasteiger partial charge in [0.05, 0.1) is 15.0 Å². The number of hydrogen-bond acceptors (Lipinski definition) is 2. The maximum atomic E-state index is 4.41. The van der Waals surface area contributed by atoms with E-state index in [-0.39, 0.29) is 0 Å². The number of halogens is 1. The Kier molecular flexibility index (Phi) is 2.81. The van der Waals surface area contributed by atoms with Gasteiger partial charge in [-0.1, -0.05) is 19.3 Å². The molecule has 12 heavy (non-hydrogen) atoms. The second-order valence-electron chi connectivity index (χ2n) is 3.34. The van der Waals surface area contributed by atoms with Gasteiger partial charge in [0.1, 0.15) is 0 Å². The molecule has 3 heteroatoms. The van der Waals surface area contributed by atoms with Crippen LogP contribution in [0.2, 0.25) is 0 Å². The Hall–Kier alpha value is 0.110. The first-order valence-electron chi connectivity index (χ1n) is 4.47. The van der Waals surface area contributed by atoms with Crippen LogP contribution in [0.4, 0.5) is 0 Å². The van der Waals surface area contributed by atoms with Crippen LogP contribution in [0.1, 0.15) is 43.0 Å². The van der Waals surface area contributed by atoms with E-state index in [1.165, 1.54) is 40.9 Å². The van der Waals surface area contributed by atoms with E-state index in [1.807, 2.05) is 6.20 Å². The van der Waals surface area contributed by atoms with E-state index in [4.69, 9.17) is 0 Å². The van der Waals surface area contributed by atoms with E-state index in [0.717, 1.165) is 5.92 Å². The highest BCUT2D eigenvalue weighted by Crippen LogP contribution is 2.35. The van der Waals surface area contributed by atoms with Crippen LogP contribution in [-0.2, 0) is 0 Å². The minimum atomic E-state index is 0.759. The monoisotopic (exact) mass is 245 g/mol. The molecule has 1 fully saturated rings. The van der Waals surface area contributed by atoms with Crippen molar-refractivity contribution in [1.29, 1.82) is 0 Å². The molecule has 0 bridgehead atoms. The molecular weight excluding hydrogens is 234 g/mol. The second-order valence-corrected chi connectivity index (χ2v) is 5.78. The van der Waals surface area contributed by atoms with Crippen molar-refractivity contribution < 1.29 is 0 Å². The van der Waals surface area contributed by atoms with Gasteiger partial charge in [-0.2, -0.15) is 0 Å². The zero-order valence-corrected chi connectivity index (χ0v) is 9.33. The maximum Gasteiger partial charge on any atom is 0.0967 e. The zero-order valence-electron chi connectivity index (χ0n) is 6.92. The molecule has 1 aliphatic rings. The Bertz CT molecular complexity index is 253. The summed E-state index contributed by atoms with van der Waals surface area (Å²) >= 11 is 5.25. The fourth-order valence-electron chi connectivity index (χ4n) is 1.81. The molecule has 1 aliphatic carbocycles. The Balaban J connectivity index is 2.08. The molecule has 0 unspecified atom stereocenters. The molecule has 1 saturated carbocycles. The van der Waals surface area contributed by atoms with E-state index in [2.05, 4.69) is 20.9 Å². The van der Waals surface area contributed by atoms with Crippen molar-refractivity contribution in [3.63, 3.8) is 0 Å². The number of nitrogens with zero attached hydrogens (tertiary/aromatic N) is 1. The topological polar surface area (TPSA) is 12.9 Å². The minimum absolute atomic E-state index is 0.759. The predicted octanol–water partition coefficient (Wildman–Crippen LogP) is 3.95. The molecule has 1 heterocycles. The highest BCUT2D eigenvalue weighted by molar-refractivity contribution is 9.11. The molecule has 0 N–H and O–H groups in total. The quantitative estimate of drug-likeness (QED) is 0.731. The number of rotatable bonds is 1. The van der Waals surface area contributed by atoms with Gasteiger partial charge in [-0.3, -0.25) is 0 Å². The average Bonchev–Trinajstić information content (AvgIpc) is 2.54. The first kappa shape index (κ1) is 8.70. The molecule has 0 atom stereocenters. The van der Waals surface area contributed by atoms with Crippen molar-refractivity contribution in [2.75, 3.05) is 0 Å². The largest absolute Gasteiger partial charge is 0.248 e. The van der Waals surface area contributed by atoms with Gasteiger partial charge in [-0.15, -0.1) is 11.3 Å². The first-order chi connectivity index (χ1) is 5.86.